The third-order valence-corrected chi connectivity index (χ3v) is 3.36. The highest BCUT2D eigenvalue weighted by molar-refractivity contribution is 6.30. The van der Waals surface area contributed by atoms with Gasteiger partial charge in [0.15, 0.2) is 6.73 Å². The molecule has 1 aliphatic rings. The maximum Gasteiger partial charge on any atom is 0.161 e. The minimum atomic E-state index is 0.581. The van der Waals surface area contributed by atoms with Crippen LogP contribution in [0.15, 0.2) is 42.5 Å². The van der Waals surface area contributed by atoms with Gasteiger partial charge in [0, 0.05) is 22.8 Å². The van der Waals surface area contributed by atoms with Crippen molar-refractivity contribution < 1.29 is 4.74 Å². The fourth-order valence-electron chi connectivity index (χ4n) is 2.20. The van der Waals surface area contributed by atoms with Gasteiger partial charge in [-0.25, -0.2) is 0 Å². The van der Waals surface area contributed by atoms with Gasteiger partial charge >= 0.3 is 0 Å². The van der Waals surface area contributed by atoms with Crippen molar-refractivity contribution in [1.29, 1.82) is 0 Å². The average Bonchev–Trinajstić information content (AvgIpc) is 2.38. The minimum Gasteiger partial charge on any atom is -0.473 e. The molecule has 3 rings (SSSR count). The second-order valence-electron chi connectivity index (χ2n) is 4.56. The van der Waals surface area contributed by atoms with Gasteiger partial charge in [-0.2, -0.15) is 0 Å². The molecule has 0 unspecified atom stereocenters. The van der Waals surface area contributed by atoms with Crippen LogP contribution in [0.3, 0.4) is 0 Å². The van der Waals surface area contributed by atoms with Crippen molar-refractivity contribution in [2.45, 2.75) is 13.5 Å². The number of hydrogen-bond donors (Lipinski definition) is 0. The molecule has 0 radical (unpaired) electrons. The Morgan fingerprint density at radius 3 is 2.89 bits per heavy atom. The molecule has 2 nitrogen and oxygen atoms in total. The van der Waals surface area contributed by atoms with E-state index in [2.05, 4.69) is 36.1 Å². The number of fused-ring (bicyclic) bond motifs is 1. The molecular weight excluding hydrogens is 246 g/mol. The van der Waals surface area contributed by atoms with Crippen LogP contribution in [0.25, 0.3) is 0 Å². The summed E-state index contributed by atoms with van der Waals surface area (Å²) in [6, 6.07) is 14.2. The topological polar surface area (TPSA) is 12.5 Å². The Kier molecular flexibility index (Phi) is 2.88. The van der Waals surface area contributed by atoms with Gasteiger partial charge < -0.3 is 9.64 Å². The third kappa shape index (κ3) is 2.16. The predicted octanol–water partition coefficient (Wildman–Crippen LogP) is 4.00. The summed E-state index contributed by atoms with van der Waals surface area (Å²) in [4.78, 5) is 2.20. The monoisotopic (exact) mass is 259 g/mol. The van der Waals surface area contributed by atoms with E-state index in [0.29, 0.717) is 6.73 Å². The summed E-state index contributed by atoms with van der Waals surface area (Å²) in [5, 5.41) is 0.753. The molecule has 1 heterocycles. The van der Waals surface area contributed by atoms with E-state index in [1.807, 2.05) is 18.2 Å². The highest BCUT2D eigenvalue weighted by atomic mass is 35.5. The molecular formula is C15H14ClNO. The Bertz CT molecular complexity index is 582. The highest BCUT2D eigenvalue weighted by Gasteiger charge is 2.17. The largest absolute Gasteiger partial charge is 0.473 e. The minimum absolute atomic E-state index is 0.581. The molecule has 0 aliphatic carbocycles. The lowest BCUT2D eigenvalue weighted by atomic mass is 10.1. The number of anilines is 1. The lowest BCUT2D eigenvalue weighted by molar-refractivity contribution is 0.289. The van der Waals surface area contributed by atoms with Crippen LogP contribution in [-0.2, 0) is 6.54 Å². The van der Waals surface area contributed by atoms with E-state index in [9.17, 15) is 0 Å². The fraction of sp³-hybridized carbons (Fsp3) is 0.200. The number of halogens is 1. The van der Waals surface area contributed by atoms with Crippen molar-refractivity contribution in [1.82, 2.24) is 0 Å². The average molecular weight is 260 g/mol. The van der Waals surface area contributed by atoms with Crippen molar-refractivity contribution in [2.24, 2.45) is 0 Å². The van der Waals surface area contributed by atoms with Crippen LogP contribution in [-0.4, -0.2) is 6.73 Å². The van der Waals surface area contributed by atoms with Crippen LogP contribution in [0.5, 0.6) is 5.75 Å². The van der Waals surface area contributed by atoms with Crippen molar-refractivity contribution in [2.75, 3.05) is 11.6 Å². The normalized spacial score (nSPS) is 14.0. The molecule has 0 bridgehead atoms. The van der Waals surface area contributed by atoms with E-state index < -0.39 is 0 Å². The lowest BCUT2D eigenvalue weighted by Crippen LogP contribution is -2.31. The Balaban J connectivity index is 1.90. The molecule has 2 aromatic rings. The van der Waals surface area contributed by atoms with Crippen molar-refractivity contribution in [3.63, 3.8) is 0 Å². The van der Waals surface area contributed by atoms with Crippen molar-refractivity contribution in [3.8, 4) is 5.75 Å². The number of benzene rings is 2. The van der Waals surface area contributed by atoms with Gasteiger partial charge in [0.05, 0.1) is 0 Å². The smallest absolute Gasteiger partial charge is 0.161 e. The molecule has 0 spiro atoms. The Labute approximate surface area is 112 Å². The van der Waals surface area contributed by atoms with Gasteiger partial charge in [-0.05, 0) is 42.8 Å². The lowest BCUT2D eigenvalue weighted by Gasteiger charge is -2.31. The van der Waals surface area contributed by atoms with Crippen LogP contribution in [0.1, 0.15) is 11.1 Å². The summed E-state index contributed by atoms with van der Waals surface area (Å²) >= 11 is 6.02. The number of nitrogens with zero attached hydrogens (tertiary/aromatic N) is 1. The molecule has 0 fully saturated rings. The van der Waals surface area contributed by atoms with Gasteiger partial charge in [0.25, 0.3) is 0 Å². The van der Waals surface area contributed by atoms with E-state index >= 15 is 0 Å². The first-order valence-corrected chi connectivity index (χ1v) is 6.33. The molecule has 1 aliphatic heterocycles. The molecule has 18 heavy (non-hydrogen) atoms. The van der Waals surface area contributed by atoms with Gasteiger partial charge in [-0.3, -0.25) is 0 Å². The SMILES string of the molecule is Cc1cccc(N2COc3ccc(Cl)cc3C2)c1. The second-order valence-corrected chi connectivity index (χ2v) is 5.00. The number of rotatable bonds is 1. The maximum absolute atomic E-state index is 6.02. The first-order valence-electron chi connectivity index (χ1n) is 5.95. The molecule has 0 N–H and O–H groups in total. The maximum atomic E-state index is 6.02. The standard InChI is InChI=1S/C15H14ClNO/c1-11-3-2-4-14(7-11)17-9-12-8-13(16)5-6-15(12)18-10-17/h2-8H,9-10H2,1H3. The number of hydrogen-bond acceptors (Lipinski definition) is 2. The van der Waals surface area contributed by atoms with E-state index in [4.69, 9.17) is 16.3 Å². The molecule has 0 aromatic heterocycles. The van der Waals surface area contributed by atoms with Gasteiger partial charge in [-0.15, -0.1) is 0 Å². The first-order chi connectivity index (χ1) is 8.72. The number of aryl methyl sites for hydroxylation is 1. The zero-order valence-corrected chi connectivity index (χ0v) is 10.9. The highest BCUT2D eigenvalue weighted by Crippen LogP contribution is 2.30. The molecule has 92 valence electrons. The van der Waals surface area contributed by atoms with E-state index in [1.165, 1.54) is 11.3 Å². The Hall–Kier alpha value is -1.67. The molecule has 2 aromatic carbocycles. The molecule has 0 saturated carbocycles. The molecule has 3 heteroatoms. The Morgan fingerprint density at radius 2 is 2.06 bits per heavy atom. The summed E-state index contributed by atoms with van der Waals surface area (Å²) in [5.74, 6) is 0.934. The molecule has 0 saturated heterocycles. The Morgan fingerprint density at radius 1 is 1.17 bits per heavy atom. The predicted molar refractivity (Wildman–Crippen MR) is 74.3 cm³/mol. The fourth-order valence-corrected chi connectivity index (χ4v) is 2.40. The van der Waals surface area contributed by atoms with Crippen LogP contribution < -0.4 is 9.64 Å². The van der Waals surface area contributed by atoms with Crippen molar-refractivity contribution in [3.05, 3.63) is 58.6 Å². The zero-order chi connectivity index (χ0) is 12.5. The zero-order valence-electron chi connectivity index (χ0n) is 10.2. The third-order valence-electron chi connectivity index (χ3n) is 3.13. The molecule has 0 amide bonds. The first kappa shape index (κ1) is 11.4. The van der Waals surface area contributed by atoms with E-state index in [-0.39, 0.29) is 0 Å². The van der Waals surface area contributed by atoms with Crippen LogP contribution in [0.2, 0.25) is 5.02 Å². The van der Waals surface area contributed by atoms with Crippen LogP contribution in [0, 0.1) is 6.92 Å². The summed E-state index contributed by atoms with van der Waals surface area (Å²) in [6.07, 6.45) is 0. The van der Waals surface area contributed by atoms with Gasteiger partial charge in [-0.1, -0.05) is 23.7 Å². The quantitative estimate of drug-likeness (QED) is 0.767. The molecule has 0 atom stereocenters. The van der Waals surface area contributed by atoms with Gasteiger partial charge in [0.1, 0.15) is 5.75 Å². The van der Waals surface area contributed by atoms with E-state index in [1.54, 1.807) is 0 Å². The summed E-state index contributed by atoms with van der Waals surface area (Å²) in [7, 11) is 0. The second kappa shape index (κ2) is 4.54. The summed E-state index contributed by atoms with van der Waals surface area (Å²) in [6.45, 7) is 3.51. The number of ether oxygens (including phenoxy) is 1. The summed E-state index contributed by atoms with van der Waals surface area (Å²) < 4.78 is 5.75. The van der Waals surface area contributed by atoms with E-state index in [0.717, 1.165) is 22.9 Å². The van der Waals surface area contributed by atoms with Crippen LogP contribution >= 0.6 is 11.6 Å². The van der Waals surface area contributed by atoms with Crippen LogP contribution in [0.4, 0.5) is 5.69 Å². The van der Waals surface area contributed by atoms with Gasteiger partial charge in [0.2, 0.25) is 0 Å². The van der Waals surface area contributed by atoms with Crippen molar-refractivity contribution >= 4 is 17.3 Å². The summed E-state index contributed by atoms with van der Waals surface area (Å²) in [5.41, 5.74) is 3.57.